The number of hydrogen-bond donors (Lipinski definition) is 1. The Balaban J connectivity index is 2.01. The maximum absolute atomic E-state index is 5.78. The van der Waals surface area contributed by atoms with Gasteiger partial charge in [0.15, 0.2) is 0 Å². The molecule has 2 rings (SSSR count). The van der Waals surface area contributed by atoms with Crippen LogP contribution in [0.3, 0.4) is 0 Å². The highest BCUT2D eigenvalue weighted by atomic mass is 32.1. The molecule has 0 radical (unpaired) electrons. The van der Waals surface area contributed by atoms with Crippen LogP contribution < -0.4 is 5.73 Å². The Hall–Kier alpha value is -1.20. The molecule has 4 nitrogen and oxygen atoms in total. The summed E-state index contributed by atoms with van der Waals surface area (Å²) in [5.74, 6) is 2.43. The van der Waals surface area contributed by atoms with Crippen molar-refractivity contribution in [2.24, 2.45) is 17.6 Å². The molecule has 0 aromatic carbocycles. The van der Waals surface area contributed by atoms with E-state index >= 15 is 0 Å². The van der Waals surface area contributed by atoms with Gasteiger partial charge in [-0.15, -0.1) is 11.3 Å². The molecule has 0 aliphatic heterocycles. The van der Waals surface area contributed by atoms with Gasteiger partial charge in [-0.2, -0.15) is 4.98 Å². The zero-order valence-corrected chi connectivity index (χ0v) is 11.6. The third-order valence-electron chi connectivity index (χ3n) is 2.81. The fourth-order valence-corrected chi connectivity index (χ4v) is 2.67. The van der Waals surface area contributed by atoms with Crippen LogP contribution in [0, 0.1) is 11.8 Å². The minimum Gasteiger partial charge on any atom is -0.339 e. The van der Waals surface area contributed by atoms with E-state index < -0.39 is 0 Å². The van der Waals surface area contributed by atoms with E-state index in [0.29, 0.717) is 30.1 Å². The molecule has 0 aliphatic rings. The van der Waals surface area contributed by atoms with E-state index in [9.17, 15) is 0 Å². The summed E-state index contributed by atoms with van der Waals surface area (Å²) in [6, 6.07) is 3.98. The highest BCUT2D eigenvalue weighted by molar-refractivity contribution is 7.13. The van der Waals surface area contributed by atoms with Crippen LogP contribution in [-0.4, -0.2) is 16.7 Å². The molecule has 0 bridgehead atoms. The minimum atomic E-state index is 0.418. The van der Waals surface area contributed by atoms with Gasteiger partial charge in [0.2, 0.25) is 11.7 Å². The number of nitrogens with two attached hydrogens (primary N) is 1. The first-order chi connectivity index (χ1) is 8.69. The lowest BCUT2D eigenvalue weighted by molar-refractivity contribution is 0.332. The summed E-state index contributed by atoms with van der Waals surface area (Å²) >= 11 is 1.61. The second-order valence-corrected chi connectivity index (χ2v) is 5.87. The van der Waals surface area contributed by atoms with Gasteiger partial charge in [-0.1, -0.05) is 25.1 Å². The minimum absolute atomic E-state index is 0.418. The van der Waals surface area contributed by atoms with Crippen LogP contribution in [0.2, 0.25) is 0 Å². The Morgan fingerprint density at radius 3 is 2.89 bits per heavy atom. The van der Waals surface area contributed by atoms with Crippen molar-refractivity contribution in [3.63, 3.8) is 0 Å². The highest BCUT2D eigenvalue weighted by Gasteiger charge is 2.15. The van der Waals surface area contributed by atoms with Crippen LogP contribution in [0.5, 0.6) is 0 Å². The van der Waals surface area contributed by atoms with Gasteiger partial charge in [0.1, 0.15) is 0 Å². The molecular weight excluding hydrogens is 246 g/mol. The molecule has 0 saturated heterocycles. The Bertz CT molecular complexity index is 464. The molecule has 0 amide bonds. The largest absolute Gasteiger partial charge is 0.339 e. The van der Waals surface area contributed by atoms with Crippen LogP contribution in [0.4, 0.5) is 0 Å². The second-order valence-electron chi connectivity index (χ2n) is 4.92. The van der Waals surface area contributed by atoms with Gasteiger partial charge in [0.05, 0.1) is 4.88 Å². The zero-order chi connectivity index (χ0) is 13.0. The SMILES string of the molecule is CC(C)CC(CN)Cc1nc(-c2cccs2)no1. The lowest BCUT2D eigenvalue weighted by Crippen LogP contribution is -2.19. The summed E-state index contributed by atoms with van der Waals surface area (Å²) < 4.78 is 5.29. The molecule has 18 heavy (non-hydrogen) atoms. The van der Waals surface area contributed by atoms with Gasteiger partial charge in [-0.3, -0.25) is 0 Å². The van der Waals surface area contributed by atoms with Gasteiger partial charge in [-0.25, -0.2) is 0 Å². The third-order valence-corrected chi connectivity index (χ3v) is 3.68. The number of hydrogen-bond acceptors (Lipinski definition) is 5. The van der Waals surface area contributed by atoms with Crippen LogP contribution in [0.25, 0.3) is 10.7 Å². The van der Waals surface area contributed by atoms with Crippen molar-refractivity contribution >= 4 is 11.3 Å². The lowest BCUT2D eigenvalue weighted by Gasteiger charge is -2.14. The topological polar surface area (TPSA) is 64.9 Å². The number of nitrogens with zero attached hydrogens (tertiary/aromatic N) is 2. The molecule has 0 aliphatic carbocycles. The smallest absolute Gasteiger partial charge is 0.227 e. The van der Waals surface area contributed by atoms with E-state index in [2.05, 4.69) is 24.0 Å². The molecule has 5 heteroatoms. The average Bonchev–Trinajstić information content (AvgIpc) is 2.97. The Kier molecular flexibility index (Phi) is 4.49. The molecule has 98 valence electrons. The van der Waals surface area contributed by atoms with Crippen LogP contribution in [0.1, 0.15) is 26.2 Å². The van der Waals surface area contributed by atoms with Crippen molar-refractivity contribution in [3.05, 3.63) is 23.4 Å². The molecule has 2 heterocycles. The zero-order valence-electron chi connectivity index (χ0n) is 10.8. The van der Waals surface area contributed by atoms with Crippen LogP contribution in [0.15, 0.2) is 22.0 Å². The van der Waals surface area contributed by atoms with Crippen molar-refractivity contribution in [1.29, 1.82) is 0 Å². The fraction of sp³-hybridized carbons (Fsp3) is 0.538. The van der Waals surface area contributed by atoms with E-state index in [1.165, 1.54) is 0 Å². The summed E-state index contributed by atoms with van der Waals surface area (Å²) in [7, 11) is 0. The van der Waals surface area contributed by atoms with E-state index in [1.54, 1.807) is 11.3 Å². The first kappa shape index (κ1) is 13.2. The molecule has 1 atom stereocenters. The van der Waals surface area contributed by atoms with Crippen molar-refractivity contribution in [1.82, 2.24) is 10.1 Å². The van der Waals surface area contributed by atoms with Crippen molar-refractivity contribution in [3.8, 4) is 10.7 Å². The maximum atomic E-state index is 5.78. The summed E-state index contributed by atoms with van der Waals surface area (Å²) in [5, 5.41) is 6.02. The number of aromatic nitrogens is 2. The molecule has 2 N–H and O–H groups in total. The summed E-state index contributed by atoms with van der Waals surface area (Å²) in [4.78, 5) is 5.46. The normalized spacial score (nSPS) is 13.1. The molecule has 1 unspecified atom stereocenters. The van der Waals surface area contributed by atoms with Gasteiger partial charge in [0.25, 0.3) is 0 Å². The number of rotatable bonds is 6. The van der Waals surface area contributed by atoms with Crippen molar-refractivity contribution in [2.45, 2.75) is 26.7 Å². The lowest BCUT2D eigenvalue weighted by atomic mass is 9.94. The fourth-order valence-electron chi connectivity index (χ4n) is 2.02. The van der Waals surface area contributed by atoms with E-state index in [0.717, 1.165) is 17.7 Å². The van der Waals surface area contributed by atoms with Crippen molar-refractivity contribution in [2.75, 3.05) is 6.54 Å². The predicted octanol–water partition coefficient (Wildman–Crippen LogP) is 2.96. The van der Waals surface area contributed by atoms with Crippen LogP contribution >= 0.6 is 11.3 Å². The van der Waals surface area contributed by atoms with E-state index in [4.69, 9.17) is 10.3 Å². The number of thiophene rings is 1. The van der Waals surface area contributed by atoms with Crippen LogP contribution in [-0.2, 0) is 6.42 Å². The predicted molar refractivity (Wildman–Crippen MR) is 73.3 cm³/mol. The molecule has 0 saturated carbocycles. The first-order valence-corrected chi connectivity index (χ1v) is 7.13. The van der Waals surface area contributed by atoms with E-state index in [1.807, 2.05) is 17.5 Å². The van der Waals surface area contributed by atoms with Gasteiger partial charge < -0.3 is 10.3 Å². The van der Waals surface area contributed by atoms with Gasteiger partial charge in [0, 0.05) is 6.42 Å². The Morgan fingerprint density at radius 1 is 1.44 bits per heavy atom. The second kappa shape index (κ2) is 6.11. The quantitative estimate of drug-likeness (QED) is 0.872. The maximum Gasteiger partial charge on any atom is 0.227 e. The molecule has 2 aromatic heterocycles. The average molecular weight is 265 g/mol. The Morgan fingerprint density at radius 2 is 2.28 bits per heavy atom. The third kappa shape index (κ3) is 3.40. The first-order valence-electron chi connectivity index (χ1n) is 6.25. The summed E-state index contributed by atoms with van der Waals surface area (Å²) in [5.41, 5.74) is 5.78. The standard InChI is InChI=1S/C13H19N3OS/c1-9(2)6-10(8-14)7-12-15-13(16-17-12)11-4-3-5-18-11/h3-5,9-10H,6-8,14H2,1-2H3. The van der Waals surface area contributed by atoms with Gasteiger partial charge in [-0.05, 0) is 36.2 Å². The highest BCUT2D eigenvalue weighted by Crippen LogP contribution is 2.22. The molecule has 0 fully saturated rings. The summed E-state index contributed by atoms with van der Waals surface area (Å²) in [6.45, 7) is 5.07. The van der Waals surface area contributed by atoms with Crippen molar-refractivity contribution < 1.29 is 4.52 Å². The van der Waals surface area contributed by atoms with E-state index in [-0.39, 0.29) is 0 Å². The molecular formula is C13H19N3OS. The van der Waals surface area contributed by atoms with Gasteiger partial charge >= 0.3 is 0 Å². The molecule has 2 aromatic rings. The summed E-state index contributed by atoms with van der Waals surface area (Å²) in [6.07, 6.45) is 1.86. The Labute approximate surface area is 111 Å². The monoisotopic (exact) mass is 265 g/mol. The molecule has 0 spiro atoms.